The van der Waals surface area contributed by atoms with Crippen molar-refractivity contribution in [1.82, 2.24) is 4.57 Å². The highest BCUT2D eigenvalue weighted by Gasteiger charge is 2.02. The van der Waals surface area contributed by atoms with E-state index < -0.39 is 0 Å². The summed E-state index contributed by atoms with van der Waals surface area (Å²) in [5.41, 5.74) is 1.44. The Hall–Kier alpha value is -2.16. The maximum absolute atomic E-state index is 11.8. The van der Waals surface area contributed by atoms with Gasteiger partial charge in [-0.05, 0) is 36.1 Å². The van der Waals surface area contributed by atoms with E-state index in [1.165, 1.54) is 6.07 Å². The Labute approximate surface area is 99.0 Å². The Kier molecular flexibility index (Phi) is 3.19. The van der Waals surface area contributed by atoms with Crippen LogP contribution in [-0.2, 0) is 6.54 Å². The fourth-order valence-corrected chi connectivity index (χ4v) is 1.85. The van der Waals surface area contributed by atoms with Crippen LogP contribution in [0.1, 0.15) is 16.8 Å². The van der Waals surface area contributed by atoms with Gasteiger partial charge < -0.3 is 4.57 Å². The predicted octanol–water partition coefficient (Wildman–Crippen LogP) is 2.39. The van der Waals surface area contributed by atoms with E-state index in [2.05, 4.69) is 6.58 Å². The van der Waals surface area contributed by atoms with Crippen LogP contribution in [0, 0.1) is 0 Å². The smallest absolute Gasteiger partial charge is 0.251 e. The minimum absolute atomic E-state index is 0.0294. The number of hydrogen-bond donors (Lipinski definition) is 0. The van der Waals surface area contributed by atoms with E-state index >= 15 is 0 Å². The molecule has 0 fully saturated rings. The third-order valence-electron chi connectivity index (χ3n) is 2.71. The standard InChI is InChI=1S/C14H13NO2/c1-2-3-8-15-13-6-4-11(10-16)9-12(13)5-7-14(15)17/h2,4-7,9-10H,1,3,8H2. The van der Waals surface area contributed by atoms with Crippen LogP contribution in [0.2, 0.25) is 0 Å². The van der Waals surface area contributed by atoms with Crippen LogP contribution >= 0.6 is 0 Å². The summed E-state index contributed by atoms with van der Waals surface area (Å²) in [4.78, 5) is 22.4. The number of aryl methyl sites for hydroxylation is 1. The Morgan fingerprint density at radius 2 is 2.06 bits per heavy atom. The molecule has 0 spiro atoms. The number of nitrogens with zero attached hydrogens (tertiary/aromatic N) is 1. The van der Waals surface area contributed by atoms with Gasteiger partial charge in [-0.3, -0.25) is 9.59 Å². The summed E-state index contributed by atoms with van der Waals surface area (Å²) in [7, 11) is 0. The molecule has 0 bridgehead atoms. The van der Waals surface area contributed by atoms with Crippen molar-refractivity contribution in [2.45, 2.75) is 13.0 Å². The van der Waals surface area contributed by atoms with Gasteiger partial charge in [-0.15, -0.1) is 6.58 Å². The molecule has 0 saturated carbocycles. The summed E-state index contributed by atoms with van der Waals surface area (Å²) in [6.45, 7) is 4.26. The molecule has 0 unspecified atom stereocenters. The van der Waals surface area contributed by atoms with Gasteiger partial charge >= 0.3 is 0 Å². The van der Waals surface area contributed by atoms with Gasteiger partial charge in [0, 0.05) is 18.2 Å². The number of benzene rings is 1. The lowest BCUT2D eigenvalue weighted by Gasteiger charge is -2.08. The summed E-state index contributed by atoms with van der Waals surface area (Å²) >= 11 is 0. The quantitative estimate of drug-likeness (QED) is 0.594. The molecule has 0 aliphatic carbocycles. The lowest BCUT2D eigenvalue weighted by molar-refractivity contribution is 0.112. The SMILES string of the molecule is C=CCCn1c(=O)ccc2cc(C=O)ccc21. The van der Waals surface area contributed by atoms with Crippen molar-refractivity contribution >= 4 is 17.2 Å². The molecule has 2 aromatic rings. The number of carbonyl (C=O) groups excluding carboxylic acids is 1. The lowest BCUT2D eigenvalue weighted by atomic mass is 10.1. The Bertz CT molecular complexity index is 626. The first-order chi connectivity index (χ1) is 8.26. The van der Waals surface area contributed by atoms with Crippen molar-refractivity contribution in [2.75, 3.05) is 0 Å². The third-order valence-corrected chi connectivity index (χ3v) is 2.71. The second kappa shape index (κ2) is 4.78. The van der Waals surface area contributed by atoms with E-state index in [9.17, 15) is 9.59 Å². The third kappa shape index (κ3) is 2.18. The second-order valence-corrected chi connectivity index (χ2v) is 3.84. The highest BCUT2D eigenvalue weighted by molar-refractivity contribution is 5.86. The van der Waals surface area contributed by atoms with E-state index in [-0.39, 0.29) is 5.56 Å². The first-order valence-corrected chi connectivity index (χ1v) is 5.46. The molecular formula is C14H13NO2. The predicted molar refractivity (Wildman–Crippen MR) is 68.4 cm³/mol. The minimum Gasteiger partial charge on any atom is -0.308 e. The number of fused-ring (bicyclic) bond motifs is 1. The monoisotopic (exact) mass is 227 g/mol. The van der Waals surface area contributed by atoms with Gasteiger partial charge in [0.25, 0.3) is 5.56 Å². The molecule has 0 amide bonds. The fourth-order valence-electron chi connectivity index (χ4n) is 1.85. The zero-order valence-electron chi connectivity index (χ0n) is 9.43. The first-order valence-electron chi connectivity index (χ1n) is 5.46. The zero-order chi connectivity index (χ0) is 12.3. The number of hydrogen-bond acceptors (Lipinski definition) is 2. The molecule has 3 nitrogen and oxygen atoms in total. The molecule has 1 heterocycles. The summed E-state index contributed by atoms with van der Waals surface area (Å²) in [5, 5.41) is 0.901. The van der Waals surface area contributed by atoms with Crippen LogP contribution in [0.15, 0.2) is 47.8 Å². The van der Waals surface area contributed by atoms with Crippen LogP contribution in [-0.4, -0.2) is 10.9 Å². The molecule has 17 heavy (non-hydrogen) atoms. The Balaban J connectivity index is 2.64. The average molecular weight is 227 g/mol. The largest absolute Gasteiger partial charge is 0.308 e. The van der Waals surface area contributed by atoms with Crippen molar-refractivity contribution in [2.24, 2.45) is 0 Å². The van der Waals surface area contributed by atoms with Crippen molar-refractivity contribution in [3.63, 3.8) is 0 Å². The molecule has 0 N–H and O–H groups in total. The molecule has 0 aliphatic heterocycles. The molecule has 86 valence electrons. The van der Waals surface area contributed by atoms with Crippen molar-refractivity contribution < 1.29 is 4.79 Å². The number of pyridine rings is 1. The van der Waals surface area contributed by atoms with Gasteiger partial charge in [-0.25, -0.2) is 0 Å². The van der Waals surface area contributed by atoms with Gasteiger partial charge in [0.1, 0.15) is 6.29 Å². The molecular weight excluding hydrogens is 214 g/mol. The molecule has 0 aliphatic rings. The van der Waals surface area contributed by atoms with Gasteiger partial charge in [-0.2, -0.15) is 0 Å². The molecule has 0 saturated heterocycles. The topological polar surface area (TPSA) is 39.1 Å². The van der Waals surface area contributed by atoms with Gasteiger partial charge in [0.05, 0.1) is 5.52 Å². The second-order valence-electron chi connectivity index (χ2n) is 3.84. The van der Waals surface area contributed by atoms with Crippen molar-refractivity contribution in [3.8, 4) is 0 Å². The van der Waals surface area contributed by atoms with Crippen LogP contribution in [0.3, 0.4) is 0 Å². The highest BCUT2D eigenvalue weighted by Crippen LogP contribution is 2.13. The van der Waals surface area contributed by atoms with Crippen LogP contribution in [0.5, 0.6) is 0 Å². The van der Waals surface area contributed by atoms with Crippen LogP contribution in [0.25, 0.3) is 10.9 Å². The number of aldehydes is 1. The first kappa shape index (κ1) is 11.3. The van der Waals surface area contributed by atoms with Crippen LogP contribution in [0.4, 0.5) is 0 Å². The van der Waals surface area contributed by atoms with Gasteiger partial charge in [-0.1, -0.05) is 6.08 Å². The minimum atomic E-state index is -0.0294. The maximum atomic E-state index is 11.8. The fraction of sp³-hybridized carbons (Fsp3) is 0.143. The number of rotatable bonds is 4. The molecule has 1 aromatic carbocycles. The summed E-state index contributed by atoms with van der Waals surface area (Å²) in [6, 6.07) is 8.59. The normalized spacial score (nSPS) is 10.4. The van der Waals surface area contributed by atoms with Crippen molar-refractivity contribution in [1.29, 1.82) is 0 Å². The molecule has 3 heteroatoms. The van der Waals surface area contributed by atoms with E-state index in [1.807, 2.05) is 6.07 Å². The number of aromatic nitrogens is 1. The Morgan fingerprint density at radius 3 is 2.76 bits per heavy atom. The maximum Gasteiger partial charge on any atom is 0.251 e. The van der Waals surface area contributed by atoms with Crippen LogP contribution < -0.4 is 5.56 Å². The van der Waals surface area contributed by atoms with Crippen molar-refractivity contribution in [3.05, 3.63) is 58.9 Å². The summed E-state index contributed by atoms with van der Waals surface area (Å²) in [6.07, 6.45) is 3.33. The number of allylic oxidation sites excluding steroid dienone is 1. The molecule has 1 aromatic heterocycles. The number of carbonyl (C=O) groups is 1. The van der Waals surface area contributed by atoms with Gasteiger partial charge in [0.15, 0.2) is 0 Å². The zero-order valence-corrected chi connectivity index (χ0v) is 9.43. The van der Waals surface area contributed by atoms with E-state index in [0.717, 1.165) is 23.6 Å². The Morgan fingerprint density at radius 1 is 1.24 bits per heavy atom. The summed E-state index contributed by atoms with van der Waals surface area (Å²) in [5.74, 6) is 0. The van der Waals surface area contributed by atoms with E-state index in [4.69, 9.17) is 0 Å². The molecule has 0 radical (unpaired) electrons. The lowest BCUT2D eigenvalue weighted by Crippen LogP contribution is -2.19. The highest BCUT2D eigenvalue weighted by atomic mass is 16.1. The average Bonchev–Trinajstić information content (AvgIpc) is 2.37. The van der Waals surface area contributed by atoms with E-state index in [0.29, 0.717) is 12.1 Å². The van der Waals surface area contributed by atoms with E-state index in [1.54, 1.807) is 28.8 Å². The summed E-state index contributed by atoms with van der Waals surface area (Å²) < 4.78 is 1.70. The molecule has 0 atom stereocenters. The molecule has 2 rings (SSSR count). The van der Waals surface area contributed by atoms with Gasteiger partial charge in [0.2, 0.25) is 0 Å².